The summed E-state index contributed by atoms with van der Waals surface area (Å²) in [7, 11) is 0. The van der Waals surface area contributed by atoms with Crippen molar-refractivity contribution in [3.8, 4) is 0 Å². The van der Waals surface area contributed by atoms with Crippen LogP contribution in [-0.4, -0.2) is 87.6 Å². The first-order chi connectivity index (χ1) is 14.5. The van der Waals surface area contributed by atoms with Crippen molar-refractivity contribution in [2.24, 2.45) is 4.40 Å². The number of rotatable bonds is 8. The first-order valence-corrected chi connectivity index (χ1v) is 11.9. The van der Waals surface area contributed by atoms with Gasteiger partial charge < -0.3 is 19.5 Å². The van der Waals surface area contributed by atoms with Crippen LogP contribution < -0.4 is 5.32 Å². The van der Waals surface area contributed by atoms with Crippen LogP contribution in [0.1, 0.15) is 6.92 Å². The van der Waals surface area contributed by atoms with Crippen molar-refractivity contribution in [1.82, 2.24) is 14.5 Å². The van der Waals surface area contributed by atoms with Crippen LogP contribution in [0.15, 0.2) is 15.7 Å². The smallest absolute Gasteiger partial charge is 0.457 e. The van der Waals surface area contributed by atoms with Crippen molar-refractivity contribution in [1.29, 1.82) is 0 Å². The second-order valence-electron chi connectivity index (χ2n) is 6.62. The topological polar surface area (TPSA) is 127 Å². The molecule has 4 rings (SSSR count). The third-order valence-corrected chi connectivity index (χ3v) is 7.93. The number of hydrogen-bond acceptors (Lipinski definition) is 12. The van der Waals surface area contributed by atoms with Gasteiger partial charge in [0.1, 0.15) is 36.2 Å². The number of hydrogen-bond donors (Lipinski definition) is 1. The van der Waals surface area contributed by atoms with E-state index < -0.39 is 30.4 Å². The second-order valence-corrected chi connectivity index (χ2v) is 9.47. The van der Waals surface area contributed by atoms with Crippen molar-refractivity contribution in [3.05, 3.63) is 11.3 Å². The average Bonchev–Trinajstić information content (AvgIpc) is 3.36. The van der Waals surface area contributed by atoms with E-state index in [-0.39, 0.29) is 23.6 Å². The average molecular weight is 475 g/mol. The van der Waals surface area contributed by atoms with E-state index in [1.165, 1.54) is 40.6 Å². The standard InChI is InChI=1S/C16H18N4O7S3/c1-8-10(27-16(24)26-8)2-25-15(23)12-9(4-30-19-5-18-29-7-19)3-28-14-11(17-6-21)13(22)20(12)14/h5-6,8,10-11,14H,2-4,7H2,1H3,(H,17,21)/t8?,10?,11?,14-/m0/s1. The highest BCUT2D eigenvalue weighted by atomic mass is 32.2. The van der Waals surface area contributed by atoms with Crippen LogP contribution in [0.4, 0.5) is 4.79 Å². The van der Waals surface area contributed by atoms with E-state index in [1.54, 1.807) is 13.3 Å². The zero-order valence-electron chi connectivity index (χ0n) is 15.7. The van der Waals surface area contributed by atoms with Gasteiger partial charge in [-0.15, -0.1) is 11.8 Å². The molecule has 0 aliphatic carbocycles. The van der Waals surface area contributed by atoms with Gasteiger partial charge in [-0.2, -0.15) is 0 Å². The van der Waals surface area contributed by atoms with Gasteiger partial charge in [0.15, 0.2) is 6.10 Å². The van der Waals surface area contributed by atoms with Crippen LogP contribution in [-0.2, 0) is 28.6 Å². The number of esters is 1. The number of thioether (sulfide) groups is 1. The highest BCUT2D eigenvalue weighted by Gasteiger charge is 2.54. The lowest BCUT2D eigenvalue weighted by Crippen LogP contribution is -2.69. The summed E-state index contributed by atoms with van der Waals surface area (Å²) in [6, 6.07) is -0.671. The summed E-state index contributed by atoms with van der Waals surface area (Å²) in [4.78, 5) is 48.9. The minimum Gasteiger partial charge on any atom is -0.457 e. The van der Waals surface area contributed by atoms with E-state index in [1.807, 2.05) is 4.31 Å². The molecule has 0 aromatic carbocycles. The van der Waals surface area contributed by atoms with Crippen molar-refractivity contribution in [2.45, 2.75) is 30.5 Å². The third kappa shape index (κ3) is 4.07. The number of nitrogens with zero attached hydrogens (tertiary/aromatic N) is 3. The van der Waals surface area contributed by atoms with Gasteiger partial charge in [-0.3, -0.25) is 18.8 Å². The van der Waals surface area contributed by atoms with Crippen molar-refractivity contribution in [3.63, 3.8) is 0 Å². The molecule has 1 N–H and O–H groups in total. The Morgan fingerprint density at radius 1 is 1.47 bits per heavy atom. The largest absolute Gasteiger partial charge is 0.509 e. The lowest BCUT2D eigenvalue weighted by molar-refractivity contribution is -0.153. The van der Waals surface area contributed by atoms with Gasteiger partial charge in [0.05, 0.1) is 5.88 Å². The Balaban J connectivity index is 1.49. The Bertz CT molecular complexity index is 823. The molecule has 14 heteroatoms. The minimum atomic E-state index is -0.806. The van der Waals surface area contributed by atoms with Crippen LogP contribution in [0, 0.1) is 0 Å². The van der Waals surface area contributed by atoms with Gasteiger partial charge in [0.2, 0.25) is 6.41 Å². The Hall–Kier alpha value is -2.06. The molecule has 3 unspecified atom stereocenters. The first-order valence-electron chi connectivity index (χ1n) is 8.95. The van der Waals surface area contributed by atoms with Gasteiger partial charge in [-0.25, -0.2) is 14.0 Å². The van der Waals surface area contributed by atoms with Crippen molar-refractivity contribution in [2.75, 3.05) is 24.0 Å². The quantitative estimate of drug-likeness (QED) is 0.226. The summed E-state index contributed by atoms with van der Waals surface area (Å²) < 4.78 is 21.2. The highest BCUT2D eigenvalue weighted by molar-refractivity contribution is 8.02. The van der Waals surface area contributed by atoms with E-state index >= 15 is 0 Å². The van der Waals surface area contributed by atoms with E-state index in [9.17, 15) is 19.2 Å². The monoisotopic (exact) mass is 474 g/mol. The number of ether oxygens (including phenoxy) is 3. The number of fused-ring (bicyclic) bond motifs is 1. The molecule has 4 aliphatic heterocycles. The number of cyclic esters (lactones) is 2. The van der Waals surface area contributed by atoms with E-state index in [2.05, 4.69) is 9.71 Å². The molecule has 0 aromatic heterocycles. The third-order valence-electron chi connectivity index (χ3n) is 4.76. The Morgan fingerprint density at radius 2 is 2.30 bits per heavy atom. The predicted octanol–water partition coefficient (Wildman–Crippen LogP) is 0.335. The van der Waals surface area contributed by atoms with Gasteiger partial charge in [0, 0.05) is 11.5 Å². The molecule has 0 spiro atoms. The zero-order chi connectivity index (χ0) is 21.3. The number of nitrogens with one attached hydrogen (secondary N) is 1. The molecule has 0 radical (unpaired) electrons. The fourth-order valence-electron chi connectivity index (χ4n) is 3.19. The fraction of sp³-hybridized carbons (Fsp3) is 0.562. The van der Waals surface area contributed by atoms with Gasteiger partial charge in [-0.1, -0.05) is 0 Å². The SMILES string of the molecule is CC1OC(=O)OC1COC(=O)C1=C(CSN2C=NSC2)CS[C@H]2C(NC=O)C(=O)N12. The van der Waals surface area contributed by atoms with Crippen LogP contribution in [0.5, 0.6) is 0 Å². The number of amides is 2. The molecule has 162 valence electrons. The van der Waals surface area contributed by atoms with Crippen molar-refractivity contribution >= 4 is 66.4 Å². The zero-order valence-corrected chi connectivity index (χ0v) is 18.2. The molecule has 4 heterocycles. The van der Waals surface area contributed by atoms with Crippen molar-refractivity contribution < 1.29 is 33.4 Å². The molecule has 4 aliphatic rings. The van der Waals surface area contributed by atoms with Gasteiger partial charge in [0.25, 0.3) is 5.91 Å². The van der Waals surface area contributed by atoms with Crippen LogP contribution in [0.25, 0.3) is 0 Å². The molecule has 2 saturated heterocycles. The molecule has 0 bridgehead atoms. The molecule has 0 saturated carbocycles. The number of β-lactam (4-membered cyclic amide) rings is 1. The molecular weight excluding hydrogens is 456 g/mol. The number of carbonyl (C=O) groups excluding carboxylic acids is 4. The number of carbonyl (C=O) groups is 4. The Kier molecular flexibility index (Phi) is 6.34. The molecule has 30 heavy (non-hydrogen) atoms. The molecule has 0 aromatic rings. The normalized spacial score (nSPS) is 29.9. The summed E-state index contributed by atoms with van der Waals surface area (Å²) in [5, 5.41) is 2.13. The lowest BCUT2D eigenvalue weighted by Gasteiger charge is -2.49. The summed E-state index contributed by atoms with van der Waals surface area (Å²) in [5.41, 5.74) is 0.934. The summed E-state index contributed by atoms with van der Waals surface area (Å²) >= 11 is 4.38. The molecule has 11 nitrogen and oxygen atoms in total. The second kappa shape index (κ2) is 8.98. The van der Waals surface area contributed by atoms with E-state index in [0.29, 0.717) is 23.8 Å². The van der Waals surface area contributed by atoms with Gasteiger partial charge in [-0.05, 0) is 36.4 Å². The Labute approximate surface area is 184 Å². The van der Waals surface area contributed by atoms with E-state index in [0.717, 1.165) is 5.57 Å². The maximum absolute atomic E-state index is 12.9. The maximum atomic E-state index is 12.9. The predicted molar refractivity (Wildman–Crippen MR) is 110 cm³/mol. The molecular formula is C16H18N4O7S3. The van der Waals surface area contributed by atoms with Crippen LogP contribution in [0.3, 0.4) is 0 Å². The Morgan fingerprint density at radius 3 is 2.97 bits per heavy atom. The lowest BCUT2D eigenvalue weighted by atomic mass is 10.0. The fourth-order valence-corrected chi connectivity index (χ4v) is 6.27. The van der Waals surface area contributed by atoms with Gasteiger partial charge >= 0.3 is 12.1 Å². The summed E-state index contributed by atoms with van der Waals surface area (Å²) in [6.45, 7) is 1.46. The minimum absolute atomic E-state index is 0.180. The maximum Gasteiger partial charge on any atom is 0.509 e. The van der Waals surface area contributed by atoms with Crippen LogP contribution in [0.2, 0.25) is 0 Å². The highest BCUT2D eigenvalue weighted by Crippen LogP contribution is 2.41. The molecule has 4 atom stereocenters. The summed E-state index contributed by atoms with van der Waals surface area (Å²) in [6.07, 6.45) is 0.139. The van der Waals surface area contributed by atoms with Crippen LogP contribution >= 0.6 is 35.7 Å². The molecule has 2 fully saturated rings. The van der Waals surface area contributed by atoms with E-state index in [4.69, 9.17) is 14.2 Å². The summed E-state index contributed by atoms with van der Waals surface area (Å²) in [5.74, 6) is 0.653. The molecule has 2 amide bonds. The first kappa shape index (κ1) is 21.2.